The Morgan fingerprint density at radius 3 is 2.72 bits per heavy atom. The van der Waals surface area contributed by atoms with E-state index in [0.29, 0.717) is 18.8 Å². The van der Waals surface area contributed by atoms with Gasteiger partial charge in [0.15, 0.2) is 0 Å². The van der Waals surface area contributed by atoms with Crippen LogP contribution in [0, 0.1) is 5.41 Å². The maximum absolute atomic E-state index is 12.5. The second kappa shape index (κ2) is 9.54. The molecule has 2 N–H and O–H groups in total. The molecule has 0 saturated heterocycles. The number of carbonyl (C=O) groups is 1. The summed E-state index contributed by atoms with van der Waals surface area (Å²) in [6.45, 7) is 2.62. The van der Waals surface area contributed by atoms with Crippen LogP contribution in [0.4, 0.5) is 10.5 Å². The first-order chi connectivity index (χ1) is 12.1. The average Bonchev–Trinajstić information content (AvgIpc) is 2.64. The lowest BCUT2D eigenvalue weighted by Gasteiger charge is -2.27. The van der Waals surface area contributed by atoms with E-state index in [4.69, 9.17) is 17.0 Å². The maximum Gasteiger partial charge on any atom is 0.318 e. The Bertz CT molecular complexity index is 721. The Hall–Kier alpha value is -2.73. The van der Waals surface area contributed by atoms with Gasteiger partial charge in [0, 0.05) is 25.5 Å². The lowest BCUT2D eigenvalue weighted by molar-refractivity contribution is 0.202. The monoisotopic (exact) mass is 357 g/mol. The average molecular weight is 358 g/mol. The summed E-state index contributed by atoms with van der Waals surface area (Å²) in [4.78, 5) is 22.2. The van der Waals surface area contributed by atoms with Crippen LogP contribution in [-0.2, 0) is 6.54 Å². The molecule has 2 rings (SSSR count). The number of pyridine rings is 1. The Morgan fingerprint density at radius 1 is 1.36 bits per heavy atom. The SMILES string of the molecule is CCN(C(=O)NCc1ccccc1)C(C=Nc1cccnc1)C(=N)Cl. The summed E-state index contributed by atoms with van der Waals surface area (Å²) in [5.41, 5.74) is 1.62. The molecule has 1 atom stereocenters. The lowest BCUT2D eigenvalue weighted by Crippen LogP contribution is -2.49. The van der Waals surface area contributed by atoms with Crippen molar-refractivity contribution in [1.29, 1.82) is 5.41 Å². The van der Waals surface area contributed by atoms with Gasteiger partial charge in [-0.1, -0.05) is 41.9 Å². The molecular weight excluding hydrogens is 338 g/mol. The third-order valence-corrected chi connectivity index (χ3v) is 3.72. The first-order valence-corrected chi connectivity index (χ1v) is 8.26. The van der Waals surface area contributed by atoms with Crippen molar-refractivity contribution < 1.29 is 4.79 Å². The predicted molar refractivity (Wildman–Crippen MR) is 101 cm³/mol. The van der Waals surface area contributed by atoms with Gasteiger partial charge in [-0.3, -0.25) is 15.4 Å². The molecule has 130 valence electrons. The van der Waals surface area contributed by atoms with Crippen molar-refractivity contribution in [3.8, 4) is 0 Å². The smallest absolute Gasteiger partial charge is 0.318 e. The summed E-state index contributed by atoms with van der Waals surface area (Å²) in [5, 5.41) is 10.4. The fourth-order valence-electron chi connectivity index (χ4n) is 2.21. The standard InChI is InChI=1S/C18H20ClN5O/c1-2-24(18(25)23-11-14-7-4-3-5-8-14)16(17(19)20)13-22-15-9-6-10-21-12-15/h3-10,12-13,16,20H,2,11H2,1H3,(H,23,25). The van der Waals surface area contributed by atoms with E-state index in [1.807, 2.05) is 37.3 Å². The van der Waals surface area contributed by atoms with Gasteiger partial charge in [0.1, 0.15) is 11.2 Å². The molecule has 2 amide bonds. The number of hydrogen-bond donors (Lipinski definition) is 2. The van der Waals surface area contributed by atoms with Crippen LogP contribution in [0.1, 0.15) is 12.5 Å². The molecule has 0 aliphatic carbocycles. The van der Waals surface area contributed by atoms with Crippen LogP contribution < -0.4 is 5.32 Å². The third kappa shape index (κ3) is 5.69. The number of nitrogens with one attached hydrogen (secondary N) is 2. The minimum absolute atomic E-state index is 0.177. The molecule has 0 aliphatic heterocycles. The number of aliphatic imine (C=N–C) groups is 1. The Morgan fingerprint density at radius 2 is 2.12 bits per heavy atom. The number of aromatic nitrogens is 1. The summed E-state index contributed by atoms with van der Waals surface area (Å²) in [7, 11) is 0. The number of benzene rings is 1. The van der Waals surface area contributed by atoms with Crippen LogP contribution in [0.25, 0.3) is 0 Å². The maximum atomic E-state index is 12.5. The molecule has 6 nitrogen and oxygen atoms in total. The van der Waals surface area contributed by atoms with Gasteiger partial charge in [-0.25, -0.2) is 4.79 Å². The Balaban J connectivity index is 2.06. The summed E-state index contributed by atoms with van der Waals surface area (Å²) in [6.07, 6.45) is 4.73. The van der Waals surface area contributed by atoms with Gasteiger partial charge in [-0.15, -0.1) is 0 Å². The second-order valence-electron chi connectivity index (χ2n) is 5.21. The minimum atomic E-state index is -0.734. The molecule has 1 unspecified atom stereocenters. The van der Waals surface area contributed by atoms with Crippen LogP contribution in [0.2, 0.25) is 0 Å². The van der Waals surface area contributed by atoms with E-state index in [2.05, 4.69) is 15.3 Å². The van der Waals surface area contributed by atoms with Gasteiger partial charge < -0.3 is 10.2 Å². The highest BCUT2D eigenvalue weighted by molar-refractivity contribution is 6.67. The first-order valence-electron chi connectivity index (χ1n) is 7.88. The normalized spacial score (nSPS) is 11.9. The van der Waals surface area contributed by atoms with Crippen molar-refractivity contribution in [2.24, 2.45) is 4.99 Å². The van der Waals surface area contributed by atoms with Crippen LogP contribution in [-0.4, -0.2) is 39.9 Å². The van der Waals surface area contributed by atoms with Crippen molar-refractivity contribution in [2.75, 3.05) is 6.54 Å². The first kappa shape index (κ1) is 18.6. The molecule has 1 aromatic heterocycles. The lowest BCUT2D eigenvalue weighted by atomic mass is 10.2. The zero-order chi connectivity index (χ0) is 18.1. The fourth-order valence-corrected chi connectivity index (χ4v) is 2.39. The number of urea groups is 1. The molecule has 0 fully saturated rings. The molecule has 25 heavy (non-hydrogen) atoms. The molecule has 0 spiro atoms. The molecule has 0 radical (unpaired) electrons. The molecule has 1 aromatic carbocycles. The van der Waals surface area contributed by atoms with Crippen molar-refractivity contribution in [3.63, 3.8) is 0 Å². The number of halogens is 1. The number of amides is 2. The Labute approximate surface area is 152 Å². The molecule has 1 heterocycles. The van der Waals surface area contributed by atoms with E-state index >= 15 is 0 Å². The molecule has 2 aromatic rings. The quantitative estimate of drug-likeness (QED) is 0.742. The molecular formula is C18H20ClN5O. The van der Waals surface area contributed by atoms with Crippen LogP contribution in [0.15, 0.2) is 59.9 Å². The second-order valence-corrected chi connectivity index (χ2v) is 5.62. The summed E-state index contributed by atoms with van der Waals surface area (Å²) < 4.78 is 0. The largest absolute Gasteiger partial charge is 0.334 e. The van der Waals surface area contributed by atoms with Crippen LogP contribution in [0.3, 0.4) is 0 Å². The summed E-state index contributed by atoms with van der Waals surface area (Å²) >= 11 is 5.90. The highest BCUT2D eigenvalue weighted by Gasteiger charge is 2.23. The van der Waals surface area contributed by atoms with E-state index < -0.39 is 6.04 Å². The van der Waals surface area contributed by atoms with Crippen LogP contribution >= 0.6 is 11.6 Å². The van der Waals surface area contributed by atoms with E-state index in [9.17, 15) is 4.79 Å². The van der Waals surface area contributed by atoms with Gasteiger partial charge in [-0.2, -0.15) is 0 Å². The number of rotatable bonds is 7. The van der Waals surface area contributed by atoms with Gasteiger partial charge in [-0.05, 0) is 24.6 Å². The van der Waals surface area contributed by atoms with Crippen LogP contribution in [0.5, 0.6) is 0 Å². The van der Waals surface area contributed by atoms with Crippen molar-refractivity contribution in [2.45, 2.75) is 19.5 Å². The number of hydrogen-bond acceptors (Lipinski definition) is 4. The van der Waals surface area contributed by atoms with Gasteiger partial charge in [0.2, 0.25) is 0 Å². The zero-order valence-electron chi connectivity index (χ0n) is 13.9. The molecule has 0 aliphatic rings. The van der Waals surface area contributed by atoms with Crippen molar-refractivity contribution in [3.05, 3.63) is 60.4 Å². The van der Waals surface area contributed by atoms with E-state index in [0.717, 1.165) is 5.56 Å². The summed E-state index contributed by atoms with van der Waals surface area (Å²) in [6, 6.07) is 12.1. The van der Waals surface area contributed by atoms with E-state index in [1.54, 1.807) is 24.5 Å². The molecule has 7 heteroatoms. The topological polar surface area (TPSA) is 81.4 Å². The van der Waals surface area contributed by atoms with Gasteiger partial charge in [0.05, 0.1) is 11.9 Å². The number of carbonyl (C=O) groups excluding carboxylic acids is 1. The number of nitrogens with zero attached hydrogens (tertiary/aromatic N) is 3. The minimum Gasteiger partial charge on any atom is -0.334 e. The fraction of sp³-hybridized carbons (Fsp3) is 0.222. The van der Waals surface area contributed by atoms with Crippen molar-refractivity contribution >= 4 is 34.7 Å². The van der Waals surface area contributed by atoms with Gasteiger partial charge in [0.25, 0.3) is 0 Å². The van der Waals surface area contributed by atoms with E-state index in [1.165, 1.54) is 11.1 Å². The third-order valence-electron chi connectivity index (χ3n) is 3.49. The predicted octanol–water partition coefficient (Wildman–Crippen LogP) is 3.60. The van der Waals surface area contributed by atoms with Gasteiger partial charge >= 0.3 is 6.03 Å². The van der Waals surface area contributed by atoms with Crippen molar-refractivity contribution in [1.82, 2.24) is 15.2 Å². The molecule has 0 saturated carbocycles. The molecule has 0 bridgehead atoms. The highest BCUT2D eigenvalue weighted by atomic mass is 35.5. The Kier molecular flexibility index (Phi) is 7.10. The highest BCUT2D eigenvalue weighted by Crippen LogP contribution is 2.10. The summed E-state index contributed by atoms with van der Waals surface area (Å²) in [5.74, 6) is 0. The van der Waals surface area contributed by atoms with E-state index in [-0.39, 0.29) is 11.2 Å². The zero-order valence-corrected chi connectivity index (χ0v) is 14.6.